The maximum Gasteiger partial charge on any atom is 0.328 e. The first-order valence-corrected chi connectivity index (χ1v) is 9.07. The van der Waals surface area contributed by atoms with Crippen LogP contribution in [0.15, 0.2) is 68.6 Å². The van der Waals surface area contributed by atoms with Crippen LogP contribution in [0.4, 0.5) is 6.01 Å². The third-order valence-electron chi connectivity index (χ3n) is 4.23. The molecule has 0 saturated heterocycles. The Balaban J connectivity index is 1.35. The second kappa shape index (κ2) is 8.45. The van der Waals surface area contributed by atoms with E-state index in [0.717, 1.165) is 4.68 Å². The van der Waals surface area contributed by atoms with Crippen molar-refractivity contribution in [3.63, 3.8) is 0 Å². The Morgan fingerprint density at radius 1 is 1.00 bits per heavy atom. The highest BCUT2D eigenvalue weighted by Crippen LogP contribution is 2.18. The van der Waals surface area contributed by atoms with Crippen LogP contribution in [0.5, 0.6) is 0 Å². The van der Waals surface area contributed by atoms with Gasteiger partial charge in [-0.15, -0.1) is 5.10 Å². The molecule has 0 aliphatic carbocycles. The van der Waals surface area contributed by atoms with E-state index in [1.165, 1.54) is 12.1 Å². The molecule has 0 bridgehead atoms. The van der Waals surface area contributed by atoms with Crippen molar-refractivity contribution in [2.45, 2.75) is 6.54 Å². The molecule has 0 aliphatic heterocycles. The van der Waals surface area contributed by atoms with E-state index in [-0.39, 0.29) is 22.7 Å². The molecule has 0 fully saturated rings. The Morgan fingerprint density at radius 3 is 2.48 bits per heavy atom. The average Bonchev–Trinajstić information content (AvgIpc) is 3.25. The molecule has 0 aliphatic rings. The number of rotatable bonds is 6. The number of hydrogen-bond acceptors (Lipinski definition) is 8. The van der Waals surface area contributed by atoms with E-state index in [0.29, 0.717) is 5.56 Å². The number of aromatic amines is 1. The number of nitrogens with zero attached hydrogens (tertiary/aromatic N) is 3. The molecule has 4 rings (SSSR count). The summed E-state index contributed by atoms with van der Waals surface area (Å²) in [6.07, 6.45) is 0. The standard InChI is InChI=1S/C20H15N5O6/c26-15(21-20-23-22-18(31-20)12-6-2-1-3-7-12)11-30-16(27)10-25-19(29)14-9-5-4-8-13(14)17(28)24-25/h1-9H,10-11H2,(H,24,28)(H,21,23,26). The zero-order valence-corrected chi connectivity index (χ0v) is 15.9. The van der Waals surface area contributed by atoms with Gasteiger partial charge in [-0.25, -0.2) is 4.68 Å². The number of carbonyl (C=O) groups is 2. The van der Waals surface area contributed by atoms with E-state index < -0.39 is 36.1 Å². The van der Waals surface area contributed by atoms with Crippen molar-refractivity contribution in [2.24, 2.45) is 0 Å². The molecule has 0 atom stereocenters. The maximum absolute atomic E-state index is 12.4. The van der Waals surface area contributed by atoms with Crippen LogP contribution < -0.4 is 16.4 Å². The molecule has 2 N–H and O–H groups in total. The number of carbonyl (C=O) groups excluding carboxylic acids is 2. The molecule has 0 spiro atoms. The van der Waals surface area contributed by atoms with E-state index >= 15 is 0 Å². The number of H-pyrrole nitrogens is 1. The van der Waals surface area contributed by atoms with Crippen molar-refractivity contribution in [3.8, 4) is 11.5 Å². The van der Waals surface area contributed by atoms with E-state index in [2.05, 4.69) is 20.6 Å². The summed E-state index contributed by atoms with van der Waals surface area (Å²) in [6.45, 7) is -1.21. The summed E-state index contributed by atoms with van der Waals surface area (Å²) >= 11 is 0. The van der Waals surface area contributed by atoms with E-state index in [1.807, 2.05) is 6.07 Å². The van der Waals surface area contributed by atoms with Gasteiger partial charge in [-0.2, -0.15) is 0 Å². The highest BCUT2D eigenvalue weighted by atomic mass is 16.5. The first-order chi connectivity index (χ1) is 15.0. The van der Waals surface area contributed by atoms with Crippen LogP contribution in [0.25, 0.3) is 22.2 Å². The summed E-state index contributed by atoms with van der Waals surface area (Å²) < 4.78 is 11.0. The topological polar surface area (TPSA) is 149 Å². The largest absolute Gasteiger partial charge is 0.454 e. The van der Waals surface area contributed by atoms with Gasteiger partial charge in [-0.1, -0.05) is 35.4 Å². The molecule has 1 amide bonds. The zero-order valence-electron chi connectivity index (χ0n) is 15.9. The van der Waals surface area contributed by atoms with Gasteiger partial charge in [-0.05, 0) is 24.3 Å². The van der Waals surface area contributed by atoms with Crippen molar-refractivity contribution < 1.29 is 18.7 Å². The molecule has 11 nitrogen and oxygen atoms in total. The molecule has 11 heteroatoms. The minimum atomic E-state index is -0.890. The average molecular weight is 421 g/mol. The zero-order chi connectivity index (χ0) is 21.8. The normalized spacial score (nSPS) is 10.7. The lowest BCUT2D eigenvalue weighted by molar-refractivity contribution is -0.148. The summed E-state index contributed by atoms with van der Waals surface area (Å²) in [5.74, 6) is -1.39. The van der Waals surface area contributed by atoms with Crippen LogP contribution in [0.2, 0.25) is 0 Å². The fraction of sp³-hybridized carbons (Fsp3) is 0.100. The van der Waals surface area contributed by atoms with Crippen molar-refractivity contribution in [1.29, 1.82) is 0 Å². The van der Waals surface area contributed by atoms with Gasteiger partial charge in [0.2, 0.25) is 5.89 Å². The number of benzene rings is 2. The monoisotopic (exact) mass is 421 g/mol. The number of nitrogens with one attached hydrogen (secondary N) is 2. The minimum Gasteiger partial charge on any atom is -0.454 e. The van der Waals surface area contributed by atoms with E-state index in [1.54, 1.807) is 36.4 Å². The Kier molecular flexibility index (Phi) is 5.39. The Labute approximate surface area is 173 Å². The van der Waals surface area contributed by atoms with Crippen molar-refractivity contribution in [1.82, 2.24) is 20.0 Å². The van der Waals surface area contributed by atoms with Crippen molar-refractivity contribution in [3.05, 3.63) is 75.3 Å². The molecule has 2 aromatic heterocycles. The SMILES string of the molecule is O=C(COC(=O)Cn1[nH]c(=O)c2ccccc2c1=O)Nc1nnc(-c2ccccc2)o1. The summed E-state index contributed by atoms with van der Waals surface area (Å²) in [7, 11) is 0. The summed E-state index contributed by atoms with van der Waals surface area (Å²) in [5.41, 5.74) is -0.404. The van der Waals surface area contributed by atoms with Gasteiger partial charge in [0.1, 0.15) is 6.54 Å². The molecular weight excluding hydrogens is 406 g/mol. The predicted molar refractivity (Wildman–Crippen MR) is 108 cm³/mol. The van der Waals surface area contributed by atoms with Crippen molar-refractivity contribution >= 4 is 28.7 Å². The summed E-state index contributed by atoms with van der Waals surface area (Å²) in [4.78, 5) is 48.4. The smallest absolute Gasteiger partial charge is 0.328 e. The number of aromatic nitrogens is 4. The lowest BCUT2D eigenvalue weighted by Gasteiger charge is -2.07. The molecule has 0 saturated carbocycles. The minimum absolute atomic E-state index is 0.157. The number of ether oxygens (including phenoxy) is 1. The predicted octanol–water partition coefficient (Wildman–Crippen LogP) is 0.922. The highest BCUT2D eigenvalue weighted by molar-refractivity contribution is 5.91. The molecule has 2 aromatic carbocycles. The highest BCUT2D eigenvalue weighted by Gasteiger charge is 2.15. The first-order valence-electron chi connectivity index (χ1n) is 9.07. The van der Waals surface area contributed by atoms with Crippen molar-refractivity contribution in [2.75, 3.05) is 11.9 Å². The van der Waals surface area contributed by atoms with E-state index in [4.69, 9.17) is 9.15 Å². The Bertz CT molecular complexity index is 1370. The van der Waals surface area contributed by atoms with Crippen LogP contribution in [0.3, 0.4) is 0 Å². The maximum atomic E-state index is 12.4. The van der Waals surface area contributed by atoms with Gasteiger partial charge in [0.15, 0.2) is 6.61 Å². The molecule has 2 heterocycles. The van der Waals surface area contributed by atoms with E-state index in [9.17, 15) is 19.2 Å². The summed E-state index contributed by atoms with van der Waals surface area (Å²) in [6, 6.07) is 15.0. The van der Waals surface area contributed by atoms with Gasteiger partial charge in [0, 0.05) is 5.56 Å². The fourth-order valence-electron chi connectivity index (χ4n) is 2.81. The second-order valence-electron chi connectivity index (χ2n) is 6.37. The quantitative estimate of drug-likeness (QED) is 0.437. The first kappa shape index (κ1) is 19.8. The molecule has 0 radical (unpaired) electrons. The number of amides is 1. The van der Waals surface area contributed by atoms with Crippen LogP contribution in [-0.4, -0.2) is 38.5 Å². The number of esters is 1. The van der Waals surface area contributed by atoms with Crippen LogP contribution in [0.1, 0.15) is 0 Å². The molecule has 156 valence electrons. The van der Waals surface area contributed by atoms with Gasteiger partial charge in [0.25, 0.3) is 17.0 Å². The van der Waals surface area contributed by atoms with Crippen LogP contribution in [0, 0.1) is 0 Å². The number of anilines is 1. The van der Waals surface area contributed by atoms with Gasteiger partial charge < -0.3 is 9.15 Å². The second-order valence-corrected chi connectivity index (χ2v) is 6.37. The van der Waals surface area contributed by atoms with Gasteiger partial charge in [-0.3, -0.25) is 29.6 Å². The lowest BCUT2D eigenvalue weighted by Crippen LogP contribution is -2.33. The Morgan fingerprint density at radius 2 is 1.71 bits per heavy atom. The van der Waals surface area contributed by atoms with Gasteiger partial charge in [0.05, 0.1) is 10.8 Å². The van der Waals surface area contributed by atoms with Crippen LogP contribution in [-0.2, 0) is 20.9 Å². The molecule has 4 aromatic rings. The number of fused-ring (bicyclic) bond motifs is 1. The molecule has 31 heavy (non-hydrogen) atoms. The van der Waals surface area contributed by atoms with Crippen LogP contribution >= 0.6 is 0 Å². The third-order valence-corrected chi connectivity index (χ3v) is 4.23. The fourth-order valence-corrected chi connectivity index (χ4v) is 2.81. The number of hydrogen-bond donors (Lipinski definition) is 2. The Hall–Kier alpha value is -4.54. The molecule has 0 unspecified atom stereocenters. The third kappa shape index (κ3) is 4.40. The lowest BCUT2D eigenvalue weighted by atomic mass is 10.2. The molecular formula is C20H15N5O6. The van der Waals surface area contributed by atoms with Gasteiger partial charge >= 0.3 is 12.0 Å². The summed E-state index contributed by atoms with van der Waals surface area (Å²) in [5, 5.41) is 12.5.